The van der Waals surface area contributed by atoms with E-state index in [1.54, 1.807) is 6.92 Å². The maximum Gasteiger partial charge on any atom is 0.326 e. The number of aliphatic hydroxyl groups excluding tert-OH is 1. The van der Waals surface area contributed by atoms with Gasteiger partial charge in [0.05, 0.1) is 18.6 Å². The molecule has 1 heterocycles. The van der Waals surface area contributed by atoms with Gasteiger partial charge in [0, 0.05) is 26.1 Å². The van der Waals surface area contributed by atoms with Gasteiger partial charge in [0.1, 0.15) is 6.04 Å². The number of aliphatic carboxylic acids is 1. The number of urea groups is 1. The molecule has 7 nitrogen and oxygen atoms in total. The fraction of sp³-hybridized carbons (Fsp3) is 0.727. The second kappa shape index (κ2) is 6.21. The fourth-order valence-corrected chi connectivity index (χ4v) is 2.01. The molecule has 0 saturated carbocycles. The Hall–Kier alpha value is -1.81. The third-order valence-corrected chi connectivity index (χ3v) is 2.96. The van der Waals surface area contributed by atoms with E-state index in [9.17, 15) is 14.7 Å². The van der Waals surface area contributed by atoms with Gasteiger partial charge in [-0.25, -0.2) is 9.59 Å². The number of likely N-dealkylation sites (tertiary alicyclic amines) is 1. The molecule has 18 heavy (non-hydrogen) atoms. The van der Waals surface area contributed by atoms with Gasteiger partial charge < -0.3 is 20.0 Å². The minimum Gasteiger partial charge on any atom is -0.480 e. The minimum absolute atomic E-state index is 0.0266. The normalized spacial score (nSPS) is 22.6. The lowest BCUT2D eigenvalue weighted by atomic mass is 10.2. The summed E-state index contributed by atoms with van der Waals surface area (Å²) in [5.74, 6) is -1.11. The van der Waals surface area contributed by atoms with Crippen LogP contribution in [0.3, 0.4) is 0 Å². The van der Waals surface area contributed by atoms with Crippen LogP contribution in [0.4, 0.5) is 4.79 Å². The maximum absolute atomic E-state index is 12.1. The zero-order chi connectivity index (χ0) is 13.7. The van der Waals surface area contributed by atoms with Gasteiger partial charge in [-0.05, 0) is 6.92 Å². The number of nitrogens with zero attached hydrogens (tertiary/aromatic N) is 3. The standard InChI is InChI=1S/C11H17N3O4/c1-2-13(5-3-4-12)11(18)14-7-8(15)6-9(14)10(16)17/h8-9,15H,2-3,5-7H2,1H3,(H,16,17)/t8-,9-/m0/s1. The van der Waals surface area contributed by atoms with Crippen LogP contribution in [0.25, 0.3) is 0 Å². The highest BCUT2D eigenvalue weighted by Crippen LogP contribution is 2.20. The monoisotopic (exact) mass is 255 g/mol. The first-order valence-electron chi connectivity index (χ1n) is 5.84. The Morgan fingerprint density at radius 3 is 2.72 bits per heavy atom. The van der Waals surface area contributed by atoms with E-state index in [2.05, 4.69) is 0 Å². The highest BCUT2D eigenvalue weighted by Gasteiger charge is 2.40. The van der Waals surface area contributed by atoms with Crippen LogP contribution in [0.5, 0.6) is 0 Å². The third-order valence-electron chi connectivity index (χ3n) is 2.96. The SMILES string of the molecule is CCN(CCC#N)C(=O)N1C[C@@H](O)C[C@H]1C(=O)O. The number of amides is 2. The molecule has 2 amide bonds. The summed E-state index contributed by atoms with van der Waals surface area (Å²) in [6, 6.07) is 0.526. The van der Waals surface area contributed by atoms with Crippen LogP contribution in [0.1, 0.15) is 19.8 Å². The minimum atomic E-state index is -1.11. The van der Waals surface area contributed by atoms with Crippen molar-refractivity contribution in [3.8, 4) is 6.07 Å². The highest BCUT2D eigenvalue weighted by molar-refractivity contribution is 5.83. The molecule has 100 valence electrons. The van der Waals surface area contributed by atoms with E-state index in [4.69, 9.17) is 10.4 Å². The molecule has 2 atom stereocenters. The number of carbonyl (C=O) groups is 2. The van der Waals surface area contributed by atoms with Gasteiger partial charge in [0.15, 0.2) is 0 Å². The van der Waals surface area contributed by atoms with Crippen molar-refractivity contribution in [3.63, 3.8) is 0 Å². The van der Waals surface area contributed by atoms with Crippen LogP contribution in [-0.2, 0) is 4.79 Å². The Balaban J connectivity index is 2.74. The van der Waals surface area contributed by atoms with Crippen LogP contribution < -0.4 is 0 Å². The Morgan fingerprint density at radius 2 is 2.22 bits per heavy atom. The van der Waals surface area contributed by atoms with Gasteiger partial charge in [-0.3, -0.25) is 0 Å². The van der Waals surface area contributed by atoms with Crippen LogP contribution in [-0.4, -0.2) is 63.8 Å². The molecule has 0 spiro atoms. The Bertz CT molecular complexity index is 366. The molecule has 1 rings (SSSR count). The van der Waals surface area contributed by atoms with Gasteiger partial charge in [-0.2, -0.15) is 5.26 Å². The van der Waals surface area contributed by atoms with E-state index >= 15 is 0 Å². The molecule has 0 radical (unpaired) electrons. The lowest BCUT2D eigenvalue weighted by Gasteiger charge is -2.28. The fourth-order valence-electron chi connectivity index (χ4n) is 2.01. The molecule has 0 aromatic rings. The molecule has 1 aliphatic heterocycles. The first-order valence-corrected chi connectivity index (χ1v) is 5.84. The summed E-state index contributed by atoms with van der Waals surface area (Å²) in [4.78, 5) is 25.7. The molecule has 1 fully saturated rings. The molecule has 1 saturated heterocycles. The molecule has 0 aromatic carbocycles. The van der Waals surface area contributed by atoms with E-state index in [-0.39, 0.29) is 25.9 Å². The maximum atomic E-state index is 12.1. The number of nitriles is 1. The van der Waals surface area contributed by atoms with Crippen LogP contribution in [0, 0.1) is 11.3 Å². The molecule has 7 heteroatoms. The average molecular weight is 255 g/mol. The molecule has 0 bridgehead atoms. The van der Waals surface area contributed by atoms with Gasteiger partial charge in [0.2, 0.25) is 0 Å². The number of carbonyl (C=O) groups excluding carboxylic acids is 1. The molecule has 0 aromatic heterocycles. The summed E-state index contributed by atoms with van der Waals surface area (Å²) >= 11 is 0. The molecular formula is C11H17N3O4. The largest absolute Gasteiger partial charge is 0.480 e. The molecule has 2 N–H and O–H groups in total. The van der Waals surface area contributed by atoms with Gasteiger partial charge in [-0.15, -0.1) is 0 Å². The van der Waals surface area contributed by atoms with E-state index in [0.29, 0.717) is 6.54 Å². The topological polar surface area (TPSA) is 105 Å². The van der Waals surface area contributed by atoms with Crippen LogP contribution in [0.15, 0.2) is 0 Å². The van der Waals surface area contributed by atoms with Crippen molar-refractivity contribution in [1.29, 1.82) is 5.26 Å². The number of rotatable bonds is 4. The van der Waals surface area contributed by atoms with E-state index in [1.165, 1.54) is 4.90 Å². The van der Waals surface area contributed by atoms with E-state index in [0.717, 1.165) is 4.90 Å². The Morgan fingerprint density at radius 1 is 1.56 bits per heavy atom. The molecule has 1 aliphatic rings. The third kappa shape index (κ3) is 3.11. The summed E-state index contributed by atoms with van der Waals surface area (Å²) in [7, 11) is 0. The number of aliphatic hydroxyl groups is 1. The zero-order valence-corrected chi connectivity index (χ0v) is 10.2. The smallest absolute Gasteiger partial charge is 0.326 e. The van der Waals surface area contributed by atoms with Gasteiger partial charge >= 0.3 is 12.0 Å². The average Bonchev–Trinajstić information content (AvgIpc) is 2.72. The van der Waals surface area contributed by atoms with E-state index < -0.39 is 24.1 Å². The summed E-state index contributed by atoms with van der Waals surface area (Å²) in [6.45, 7) is 2.46. The summed E-state index contributed by atoms with van der Waals surface area (Å²) in [5, 5.41) is 27.0. The second-order valence-corrected chi connectivity index (χ2v) is 4.17. The predicted octanol–water partition coefficient (Wildman–Crippen LogP) is -0.138. The Labute approximate surface area is 105 Å². The van der Waals surface area contributed by atoms with Crippen molar-refractivity contribution in [1.82, 2.24) is 9.80 Å². The highest BCUT2D eigenvalue weighted by atomic mass is 16.4. The summed E-state index contributed by atoms with van der Waals surface area (Å²) in [5.41, 5.74) is 0. The predicted molar refractivity (Wildman–Crippen MR) is 61.6 cm³/mol. The van der Waals surface area contributed by atoms with Crippen LogP contribution >= 0.6 is 0 Å². The number of β-amino-alcohol motifs (C(OH)–C–C–N with tert-alkyl or cyclic N) is 1. The van der Waals surface area contributed by atoms with Crippen molar-refractivity contribution < 1.29 is 19.8 Å². The van der Waals surface area contributed by atoms with Gasteiger partial charge in [-0.1, -0.05) is 0 Å². The molecule has 0 aliphatic carbocycles. The first-order chi connectivity index (χ1) is 8.51. The molecule has 0 unspecified atom stereocenters. The lowest BCUT2D eigenvalue weighted by Crippen LogP contribution is -2.48. The summed E-state index contributed by atoms with van der Waals surface area (Å²) < 4.78 is 0. The second-order valence-electron chi connectivity index (χ2n) is 4.17. The van der Waals surface area contributed by atoms with Crippen molar-refractivity contribution >= 4 is 12.0 Å². The number of carboxylic acids is 1. The number of hydrogen-bond acceptors (Lipinski definition) is 4. The van der Waals surface area contributed by atoms with Crippen molar-refractivity contribution in [2.75, 3.05) is 19.6 Å². The first kappa shape index (κ1) is 14.3. The van der Waals surface area contributed by atoms with Crippen molar-refractivity contribution in [3.05, 3.63) is 0 Å². The number of hydrogen-bond donors (Lipinski definition) is 2. The van der Waals surface area contributed by atoms with E-state index in [1.807, 2.05) is 6.07 Å². The number of carboxylic acid groups (broad SMARTS) is 1. The van der Waals surface area contributed by atoms with Crippen molar-refractivity contribution in [2.45, 2.75) is 31.9 Å². The lowest BCUT2D eigenvalue weighted by molar-refractivity contribution is -0.141. The molecular weight excluding hydrogens is 238 g/mol. The van der Waals surface area contributed by atoms with Crippen LogP contribution in [0.2, 0.25) is 0 Å². The Kier molecular flexibility index (Phi) is 4.92. The summed E-state index contributed by atoms with van der Waals surface area (Å²) in [6.07, 6.45) is -0.547. The van der Waals surface area contributed by atoms with Crippen molar-refractivity contribution in [2.24, 2.45) is 0 Å². The zero-order valence-electron chi connectivity index (χ0n) is 10.2. The quantitative estimate of drug-likeness (QED) is 0.727. The van der Waals surface area contributed by atoms with Gasteiger partial charge in [0.25, 0.3) is 0 Å².